The molecule has 0 saturated heterocycles. The minimum absolute atomic E-state index is 0.152. The Labute approximate surface area is 166 Å². The molecule has 0 N–H and O–H groups in total. The summed E-state index contributed by atoms with van der Waals surface area (Å²) in [5.74, 6) is 0.352. The highest BCUT2D eigenvalue weighted by atomic mass is 32.2. The lowest BCUT2D eigenvalue weighted by atomic mass is 9.84. The number of anilines is 2. The molecule has 1 fully saturated rings. The molecule has 5 rings (SSSR count). The number of benzene rings is 2. The minimum Gasteiger partial charge on any atom is -0.312 e. The maximum atomic E-state index is 13.4. The van der Waals surface area contributed by atoms with Gasteiger partial charge in [0.25, 0.3) is 10.0 Å². The van der Waals surface area contributed by atoms with E-state index < -0.39 is 10.0 Å². The van der Waals surface area contributed by atoms with Gasteiger partial charge in [0.2, 0.25) is 5.91 Å². The number of aryl methyl sites for hydroxylation is 1. The maximum Gasteiger partial charge on any atom is 0.264 e. The fourth-order valence-electron chi connectivity index (χ4n) is 4.52. The smallest absolute Gasteiger partial charge is 0.264 e. The topological polar surface area (TPSA) is 57.7 Å². The summed E-state index contributed by atoms with van der Waals surface area (Å²) in [6, 6.07) is 13.0. The first-order valence-corrected chi connectivity index (χ1v) is 11.5. The quantitative estimate of drug-likeness (QED) is 0.798. The van der Waals surface area contributed by atoms with E-state index in [0.29, 0.717) is 24.4 Å². The van der Waals surface area contributed by atoms with E-state index in [9.17, 15) is 13.2 Å². The van der Waals surface area contributed by atoms with Crippen LogP contribution in [0.25, 0.3) is 0 Å². The molecule has 5 nitrogen and oxygen atoms in total. The average Bonchev–Trinajstić information content (AvgIpc) is 3.09. The Hall–Kier alpha value is -2.34. The molecule has 0 unspecified atom stereocenters. The van der Waals surface area contributed by atoms with Gasteiger partial charge >= 0.3 is 0 Å². The number of para-hydroxylation sites is 1. The zero-order valence-corrected chi connectivity index (χ0v) is 16.6. The highest BCUT2D eigenvalue weighted by Gasteiger charge is 2.35. The molecular formula is C22H24N2O3S. The monoisotopic (exact) mass is 396 g/mol. The van der Waals surface area contributed by atoms with Crippen molar-refractivity contribution < 1.29 is 13.2 Å². The molecule has 6 heteroatoms. The molecule has 2 aromatic rings. The first-order chi connectivity index (χ1) is 13.6. The summed E-state index contributed by atoms with van der Waals surface area (Å²) in [6.45, 7) is 1.16. The van der Waals surface area contributed by atoms with Gasteiger partial charge in [0, 0.05) is 24.7 Å². The molecule has 0 aromatic heterocycles. The lowest BCUT2D eigenvalue weighted by molar-refractivity contribution is -0.124. The normalized spacial score (nSPS) is 19.1. The Morgan fingerprint density at radius 1 is 0.893 bits per heavy atom. The second-order valence-corrected chi connectivity index (χ2v) is 9.83. The zero-order chi connectivity index (χ0) is 19.3. The minimum atomic E-state index is -3.61. The van der Waals surface area contributed by atoms with E-state index >= 15 is 0 Å². The molecule has 28 heavy (non-hydrogen) atoms. The summed E-state index contributed by atoms with van der Waals surface area (Å²) >= 11 is 0. The summed E-state index contributed by atoms with van der Waals surface area (Å²) < 4.78 is 28.3. The third kappa shape index (κ3) is 2.73. The van der Waals surface area contributed by atoms with E-state index in [2.05, 4.69) is 0 Å². The van der Waals surface area contributed by atoms with Crippen molar-refractivity contribution in [3.8, 4) is 0 Å². The van der Waals surface area contributed by atoms with Gasteiger partial charge in [0.05, 0.1) is 10.6 Å². The van der Waals surface area contributed by atoms with Crippen molar-refractivity contribution in [3.05, 3.63) is 53.6 Å². The third-order valence-corrected chi connectivity index (χ3v) is 8.13. The lowest BCUT2D eigenvalue weighted by Crippen LogP contribution is -2.37. The number of carbonyl (C=O) groups excluding carboxylic acids is 1. The van der Waals surface area contributed by atoms with Gasteiger partial charge in [-0.2, -0.15) is 0 Å². The zero-order valence-electron chi connectivity index (χ0n) is 15.8. The highest BCUT2D eigenvalue weighted by Crippen LogP contribution is 2.37. The van der Waals surface area contributed by atoms with Gasteiger partial charge in [0.1, 0.15) is 0 Å². The number of sulfonamides is 1. The van der Waals surface area contributed by atoms with Crippen LogP contribution in [0.3, 0.4) is 0 Å². The van der Waals surface area contributed by atoms with Crippen LogP contribution in [-0.2, 0) is 27.7 Å². The van der Waals surface area contributed by atoms with E-state index in [1.54, 1.807) is 16.4 Å². The predicted molar refractivity (Wildman–Crippen MR) is 109 cm³/mol. The van der Waals surface area contributed by atoms with Crippen molar-refractivity contribution in [1.82, 2.24) is 0 Å². The van der Waals surface area contributed by atoms with Crippen LogP contribution in [0.15, 0.2) is 47.4 Å². The molecule has 1 aliphatic carbocycles. The number of hydrogen-bond acceptors (Lipinski definition) is 3. The molecular weight excluding hydrogens is 372 g/mol. The third-order valence-electron chi connectivity index (χ3n) is 6.32. The van der Waals surface area contributed by atoms with Crippen molar-refractivity contribution >= 4 is 27.3 Å². The van der Waals surface area contributed by atoms with Crippen molar-refractivity contribution in [3.63, 3.8) is 0 Å². The van der Waals surface area contributed by atoms with Crippen molar-refractivity contribution in [2.45, 2.75) is 43.4 Å². The Morgan fingerprint density at radius 3 is 2.50 bits per heavy atom. The van der Waals surface area contributed by atoms with Crippen LogP contribution < -0.4 is 9.21 Å². The summed E-state index contributed by atoms with van der Waals surface area (Å²) in [7, 11) is -3.61. The van der Waals surface area contributed by atoms with Gasteiger partial charge in [-0.1, -0.05) is 24.6 Å². The molecule has 0 bridgehead atoms. The van der Waals surface area contributed by atoms with Gasteiger partial charge in [-0.25, -0.2) is 8.42 Å². The largest absolute Gasteiger partial charge is 0.312 e. The number of carbonyl (C=O) groups is 1. The highest BCUT2D eigenvalue weighted by molar-refractivity contribution is 7.92. The fourth-order valence-corrected chi connectivity index (χ4v) is 6.11. The first kappa shape index (κ1) is 17.7. The Morgan fingerprint density at radius 2 is 1.71 bits per heavy atom. The fraction of sp³-hybridized carbons (Fsp3) is 0.409. The number of fused-ring (bicyclic) bond motifs is 2. The first-order valence-electron chi connectivity index (χ1n) is 10.1. The van der Waals surface area contributed by atoms with Crippen molar-refractivity contribution in [1.29, 1.82) is 0 Å². The van der Waals surface area contributed by atoms with Gasteiger partial charge in [0.15, 0.2) is 0 Å². The van der Waals surface area contributed by atoms with Crippen molar-refractivity contribution in [2.75, 3.05) is 22.3 Å². The maximum absolute atomic E-state index is 13.4. The molecule has 0 spiro atoms. The van der Waals surface area contributed by atoms with Crippen LogP contribution in [0.2, 0.25) is 0 Å². The van der Waals surface area contributed by atoms with E-state index in [1.165, 1.54) is 0 Å². The Balaban J connectivity index is 1.47. The standard InChI is InChI=1S/C22H24N2O3S/c25-22(17-6-3-7-17)23-14-12-18-15-19(10-11-20(18)23)28(26,27)24-13-4-8-16-5-1-2-9-21(16)24/h1-2,5,9-11,15,17H,3-4,6-8,12-14H2. The van der Waals surface area contributed by atoms with Gasteiger partial charge < -0.3 is 4.90 Å². The molecule has 0 atom stereocenters. The molecule has 2 aromatic carbocycles. The average molecular weight is 397 g/mol. The summed E-state index contributed by atoms with van der Waals surface area (Å²) in [4.78, 5) is 14.8. The van der Waals surface area contributed by atoms with Crippen molar-refractivity contribution in [2.24, 2.45) is 5.92 Å². The van der Waals surface area contributed by atoms with Gasteiger partial charge in [-0.15, -0.1) is 0 Å². The van der Waals surface area contributed by atoms with Crippen LogP contribution in [0, 0.1) is 5.92 Å². The lowest BCUT2D eigenvalue weighted by Gasteiger charge is -2.31. The predicted octanol–water partition coefficient (Wildman–Crippen LogP) is 3.52. The van der Waals surface area contributed by atoms with Gasteiger partial charge in [-0.05, 0) is 67.5 Å². The number of amides is 1. The molecule has 1 amide bonds. The molecule has 2 heterocycles. The van der Waals surface area contributed by atoms with Gasteiger partial charge in [-0.3, -0.25) is 9.10 Å². The van der Waals surface area contributed by atoms with E-state index in [0.717, 1.165) is 54.6 Å². The molecule has 0 radical (unpaired) electrons. The Kier molecular flexibility index (Phi) is 4.19. The molecule has 3 aliphatic rings. The van der Waals surface area contributed by atoms with Crippen LogP contribution in [0.4, 0.5) is 11.4 Å². The van der Waals surface area contributed by atoms with E-state index in [1.807, 2.05) is 35.2 Å². The molecule has 2 aliphatic heterocycles. The second-order valence-electron chi connectivity index (χ2n) is 7.97. The summed E-state index contributed by atoms with van der Waals surface area (Å²) in [5, 5.41) is 0. The molecule has 146 valence electrons. The SMILES string of the molecule is O=C(C1CCC1)N1CCc2cc(S(=O)(=O)N3CCCc4ccccc43)ccc21. The second kappa shape index (κ2) is 6.62. The number of hydrogen-bond donors (Lipinski definition) is 0. The van der Waals surface area contributed by atoms with Crippen LogP contribution in [0.1, 0.15) is 36.8 Å². The van der Waals surface area contributed by atoms with Crippen LogP contribution >= 0.6 is 0 Å². The summed E-state index contributed by atoms with van der Waals surface area (Å²) in [6.07, 6.45) is 5.53. The Bertz CT molecular complexity index is 1040. The van der Waals surface area contributed by atoms with Crippen LogP contribution in [0.5, 0.6) is 0 Å². The van der Waals surface area contributed by atoms with E-state index in [-0.39, 0.29) is 11.8 Å². The number of rotatable bonds is 3. The molecule has 1 saturated carbocycles. The summed E-state index contributed by atoms with van der Waals surface area (Å²) in [5.41, 5.74) is 3.71. The van der Waals surface area contributed by atoms with E-state index in [4.69, 9.17) is 0 Å². The number of nitrogens with zero attached hydrogens (tertiary/aromatic N) is 2. The van der Waals surface area contributed by atoms with Crippen LogP contribution in [-0.4, -0.2) is 27.4 Å².